The molecule has 0 heterocycles. The van der Waals surface area contributed by atoms with E-state index < -0.39 is 37.2 Å². The van der Waals surface area contributed by atoms with Gasteiger partial charge in [0.25, 0.3) is 0 Å². The summed E-state index contributed by atoms with van der Waals surface area (Å²) in [5.74, 6) is -3.45. The van der Waals surface area contributed by atoms with E-state index in [1.807, 2.05) is 30.3 Å². The zero-order chi connectivity index (χ0) is 26.8. The summed E-state index contributed by atoms with van der Waals surface area (Å²) >= 11 is 0. The first kappa shape index (κ1) is 31.3. The molecule has 0 aliphatic carbocycles. The highest BCUT2D eigenvalue weighted by atomic mass is 17.2. The van der Waals surface area contributed by atoms with Crippen molar-refractivity contribution in [2.24, 2.45) is 0 Å². The number of carboxylic acid groups (broad SMARTS) is 3. The molecule has 1 unspecified atom stereocenters. The van der Waals surface area contributed by atoms with Crippen molar-refractivity contribution in [3.63, 3.8) is 0 Å². The van der Waals surface area contributed by atoms with Gasteiger partial charge in [0.05, 0.1) is 47.1 Å². The third-order valence-corrected chi connectivity index (χ3v) is 4.84. The van der Waals surface area contributed by atoms with Gasteiger partial charge in [0, 0.05) is 26.2 Å². The quantitative estimate of drug-likeness (QED) is 0.105. The van der Waals surface area contributed by atoms with E-state index >= 15 is 0 Å². The van der Waals surface area contributed by atoms with Crippen molar-refractivity contribution in [2.45, 2.75) is 12.8 Å². The Hall–Kier alpha value is -2.69. The molecule has 36 heavy (non-hydrogen) atoms. The first-order valence-electron chi connectivity index (χ1n) is 11.1. The number of carbonyl (C=O) groups is 3. The molecule has 14 nitrogen and oxygen atoms in total. The average molecular weight is 518 g/mol. The van der Waals surface area contributed by atoms with Crippen LogP contribution < -0.4 is 0 Å². The highest BCUT2D eigenvalue weighted by Gasteiger charge is 2.23. The van der Waals surface area contributed by atoms with E-state index in [0.29, 0.717) is 6.61 Å². The van der Waals surface area contributed by atoms with E-state index in [1.54, 1.807) is 9.80 Å². The Kier molecular flexibility index (Phi) is 16.2. The van der Waals surface area contributed by atoms with E-state index in [-0.39, 0.29) is 46.1 Å². The standard InChI is InChI=1S/C22H35N3O11/c1-32-35-17-25(19(36-33-2)16-34-15-18-6-4-3-5-7-18)11-10-23(12-20(26)27)8-9-24(13-21(28)29)14-22(30)31/h3-7,19H,8-17H2,1-2H3,(H,26,27)(H,28,29)(H,30,31). The summed E-state index contributed by atoms with van der Waals surface area (Å²) in [6, 6.07) is 9.52. The maximum Gasteiger partial charge on any atom is 0.317 e. The Balaban J connectivity index is 2.79. The maximum absolute atomic E-state index is 11.4. The molecule has 0 radical (unpaired) electrons. The summed E-state index contributed by atoms with van der Waals surface area (Å²) in [6.45, 7) is -0.334. The number of carboxylic acids is 3. The molecular weight excluding hydrogens is 482 g/mol. The molecule has 14 heteroatoms. The Labute approximate surface area is 209 Å². The molecule has 1 aromatic carbocycles. The molecule has 0 aromatic heterocycles. The predicted molar refractivity (Wildman–Crippen MR) is 123 cm³/mol. The fourth-order valence-electron chi connectivity index (χ4n) is 3.18. The molecule has 3 N–H and O–H groups in total. The predicted octanol–water partition coefficient (Wildman–Crippen LogP) is -0.197. The Morgan fingerprint density at radius 3 is 1.92 bits per heavy atom. The molecule has 0 fully saturated rings. The number of benzene rings is 1. The second-order valence-corrected chi connectivity index (χ2v) is 7.61. The van der Waals surface area contributed by atoms with Gasteiger partial charge in [-0.1, -0.05) is 30.3 Å². The van der Waals surface area contributed by atoms with E-state index in [4.69, 9.17) is 34.5 Å². The second-order valence-electron chi connectivity index (χ2n) is 7.61. The van der Waals surface area contributed by atoms with Gasteiger partial charge in [0.2, 0.25) is 0 Å². The lowest BCUT2D eigenvalue weighted by atomic mass is 10.2. The van der Waals surface area contributed by atoms with Crippen molar-refractivity contribution in [1.29, 1.82) is 0 Å². The summed E-state index contributed by atoms with van der Waals surface area (Å²) in [5, 5.41) is 27.3. The molecule has 0 bridgehead atoms. The minimum absolute atomic E-state index is 0.0403. The van der Waals surface area contributed by atoms with Crippen molar-refractivity contribution in [3.8, 4) is 0 Å². The van der Waals surface area contributed by atoms with Crippen molar-refractivity contribution in [1.82, 2.24) is 14.7 Å². The van der Waals surface area contributed by atoms with Crippen molar-refractivity contribution in [3.05, 3.63) is 35.9 Å². The summed E-state index contributed by atoms with van der Waals surface area (Å²) in [6.07, 6.45) is -0.726. The van der Waals surface area contributed by atoms with Crippen LogP contribution in [0, 0.1) is 0 Å². The Morgan fingerprint density at radius 1 is 0.806 bits per heavy atom. The highest BCUT2D eigenvalue weighted by Crippen LogP contribution is 2.08. The molecule has 0 saturated heterocycles. The normalized spacial score (nSPS) is 12.4. The summed E-state index contributed by atoms with van der Waals surface area (Å²) in [7, 11) is 2.68. The van der Waals surface area contributed by atoms with Crippen LogP contribution in [-0.4, -0.2) is 128 Å². The Bertz CT molecular complexity index is 753. The van der Waals surface area contributed by atoms with Gasteiger partial charge in [0.1, 0.15) is 6.73 Å². The number of ether oxygens (including phenoxy) is 1. The van der Waals surface area contributed by atoms with Crippen LogP contribution in [0.4, 0.5) is 0 Å². The lowest BCUT2D eigenvalue weighted by molar-refractivity contribution is -0.369. The minimum atomic E-state index is -1.18. The smallest absolute Gasteiger partial charge is 0.317 e. The molecular formula is C22H35N3O11. The van der Waals surface area contributed by atoms with Crippen LogP contribution in [0.15, 0.2) is 30.3 Å². The van der Waals surface area contributed by atoms with Crippen molar-refractivity contribution in [2.75, 3.05) is 73.4 Å². The van der Waals surface area contributed by atoms with Gasteiger partial charge >= 0.3 is 17.9 Å². The van der Waals surface area contributed by atoms with Gasteiger partial charge in [-0.15, -0.1) is 0 Å². The fraction of sp³-hybridized carbons (Fsp3) is 0.591. The van der Waals surface area contributed by atoms with E-state index in [2.05, 4.69) is 0 Å². The second kappa shape index (κ2) is 18.6. The largest absolute Gasteiger partial charge is 0.480 e. The van der Waals surface area contributed by atoms with Crippen molar-refractivity contribution >= 4 is 17.9 Å². The van der Waals surface area contributed by atoms with Gasteiger partial charge in [-0.3, -0.25) is 24.2 Å². The first-order chi connectivity index (χ1) is 17.2. The molecule has 0 saturated carbocycles. The fourth-order valence-corrected chi connectivity index (χ4v) is 3.18. The zero-order valence-corrected chi connectivity index (χ0v) is 20.5. The topological polar surface area (TPSA) is 168 Å². The number of rotatable bonds is 22. The van der Waals surface area contributed by atoms with Crippen LogP contribution in [0.25, 0.3) is 0 Å². The van der Waals surface area contributed by atoms with Crippen molar-refractivity contribution < 1.29 is 54.0 Å². The number of hydrogen-bond acceptors (Lipinski definition) is 11. The van der Waals surface area contributed by atoms with Gasteiger partial charge in [-0.05, 0) is 5.56 Å². The van der Waals surface area contributed by atoms with Gasteiger partial charge < -0.3 is 20.1 Å². The third-order valence-electron chi connectivity index (χ3n) is 4.84. The molecule has 204 valence electrons. The molecule has 0 amide bonds. The van der Waals surface area contributed by atoms with Crippen LogP contribution in [0.5, 0.6) is 0 Å². The number of aliphatic carboxylic acids is 3. The van der Waals surface area contributed by atoms with Gasteiger partial charge in [-0.2, -0.15) is 0 Å². The summed E-state index contributed by atoms with van der Waals surface area (Å²) in [5.41, 5.74) is 0.966. The van der Waals surface area contributed by atoms with Crippen LogP contribution in [0.3, 0.4) is 0 Å². The van der Waals surface area contributed by atoms with E-state index in [0.717, 1.165) is 5.56 Å². The van der Waals surface area contributed by atoms with Crippen LogP contribution in [-0.2, 0) is 45.3 Å². The first-order valence-corrected chi connectivity index (χ1v) is 11.1. The van der Waals surface area contributed by atoms with E-state index in [1.165, 1.54) is 19.1 Å². The number of nitrogens with zero attached hydrogens (tertiary/aromatic N) is 3. The third kappa shape index (κ3) is 14.7. The van der Waals surface area contributed by atoms with Crippen LogP contribution >= 0.6 is 0 Å². The lowest BCUT2D eigenvalue weighted by Crippen LogP contribution is -2.48. The zero-order valence-electron chi connectivity index (χ0n) is 20.5. The molecule has 0 aliphatic heterocycles. The summed E-state index contributed by atoms with van der Waals surface area (Å²) in [4.78, 5) is 57.8. The Morgan fingerprint density at radius 2 is 1.36 bits per heavy atom. The molecule has 1 aromatic rings. The SMILES string of the molecule is COOCN(CCN(CCN(CC(=O)O)CC(=O)O)CC(=O)O)C(COCc1ccccc1)OOC. The number of hydrogen-bond donors (Lipinski definition) is 3. The molecule has 1 rings (SSSR count). The molecule has 0 spiro atoms. The molecule has 1 atom stereocenters. The maximum atomic E-state index is 11.4. The van der Waals surface area contributed by atoms with Gasteiger partial charge in [0.15, 0.2) is 6.23 Å². The summed E-state index contributed by atoms with van der Waals surface area (Å²) < 4.78 is 5.75. The lowest BCUT2D eigenvalue weighted by Gasteiger charge is -2.31. The van der Waals surface area contributed by atoms with Crippen LogP contribution in [0.2, 0.25) is 0 Å². The highest BCUT2D eigenvalue weighted by molar-refractivity contribution is 5.72. The van der Waals surface area contributed by atoms with E-state index in [9.17, 15) is 19.5 Å². The minimum Gasteiger partial charge on any atom is -0.480 e. The molecule has 0 aliphatic rings. The van der Waals surface area contributed by atoms with Gasteiger partial charge in [-0.25, -0.2) is 24.5 Å². The van der Waals surface area contributed by atoms with Crippen LogP contribution in [0.1, 0.15) is 5.56 Å². The average Bonchev–Trinajstić information content (AvgIpc) is 2.81. The monoisotopic (exact) mass is 517 g/mol.